The molecule has 0 unspecified atom stereocenters. The number of carbonyl (C=O) groups is 1. The van der Waals surface area contributed by atoms with Gasteiger partial charge in [-0.1, -0.05) is 11.6 Å². The average Bonchev–Trinajstić information content (AvgIpc) is 2.63. The molecule has 0 saturated carbocycles. The van der Waals surface area contributed by atoms with Crippen LogP contribution in [0.15, 0.2) is 18.2 Å². The van der Waals surface area contributed by atoms with E-state index in [1.807, 2.05) is 0 Å². The van der Waals surface area contributed by atoms with Crippen molar-refractivity contribution in [1.29, 1.82) is 0 Å². The number of esters is 1. The van der Waals surface area contributed by atoms with Gasteiger partial charge in [-0.2, -0.15) is 0 Å². The van der Waals surface area contributed by atoms with E-state index in [1.54, 1.807) is 18.2 Å². The lowest BCUT2D eigenvalue weighted by molar-refractivity contribution is -0.140. The quantitative estimate of drug-likeness (QED) is 0.827. The summed E-state index contributed by atoms with van der Waals surface area (Å²) in [6.07, 6.45) is 0.760. The molecule has 17 heavy (non-hydrogen) atoms. The Morgan fingerprint density at radius 3 is 3.00 bits per heavy atom. The Labute approximate surface area is 103 Å². The number of aryl methyl sites for hydroxylation is 1. The van der Waals surface area contributed by atoms with Gasteiger partial charge in [-0.25, -0.2) is 0 Å². The smallest absolute Gasteiger partial charge is 0.305 e. The highest BCUT2D eigenvalue weighted by molar-refractivity contribution is 6.36. The Balaban J connectivity index is 2.29. The van der Waals surface area contributed by atoms with E-state index >= 15 is 0 Å². The summed E-state index contributed by atoms with van der Waals surface area (Å²) in [5, 5.41) is 10.7. The van der Waals surface area contributed by atoms with Crippen LogP contribution < -0.4 is 0 Å². The number of rotatable bonds is 3. The first-order valence-corrected chi connectivity index (χ1v) is 5.55. The first-order chi connectivity index (χ1) is 8.11. The third-order valence-corrected chi connectivity index (χ3v) is 3.03. The van der Waals surface area contributed by atoms with Crippen LogP contribution in [0.3, 0.4) is 0 Å². The molecule has 0 spiro atoms. The van der Waals surface area contributed by atoms with Gasteiger partial charge in [0, 0.05) is 16.6 Å². The predicted octanol–water partition coefficient (Wildman–Crippen LogP) is 2.63. The molecular formula is C12H12ClNO3. The van der Waals surface area contributed by atoms with Crippen molar-refractivity contribution in [1.82, 2.24) is 4.98 Å². The number of ether oxygens (including phenoxy) is 1. The summed E-state index contributed by atoms with van der Waals surface area (Å²) in [6, 6.07) is 4.92. The van der Waals surface area contributed by atoms with E-state index in [0.717, 1.165) is 16.6 Å². The number of aromatic nitrogens is 1. The topological polar surface area (TPSA) is 62.3 Å². The molecule has 2 rings (SSSR count). The van der Waals surface area contributed by atoms with Crippen molar-refractivity contribution in [3.05, 3.63) is 28.9 Å². The number of methoxy groups -OCH3 is 1. The van der Waals surface area contributed by atoms with E-state index in [0.29, 0.717) is 11.4 Å². The van der Waals surface area contributed by atoms with E-state index in [4.69, 9.17) is 11.6 Å². The zero-order chi connectivity index (χ0) is 12.4. The number of nitrogens with one attached hydrogen (secondary N) is 1. The second-order valence-electron chi connectivity index (χ2n) is 3.72. The maximum Gasteiger partial charge on any atom is 0.305 e. The molecule has 4 nitrogen and oxygen atoms in total. The summed E-state index contributed by atoms with van der Waals surface area (Å²) >= 11 is 6.16. The largest absolute Gasteiger partial charge is 0.508 e. The Kier molecular flexibility index (Phi) is 3.24. The number of carbonyl (C=O) groups excluding carboxylic acids is 1. The van der Waals surface area contributed by atoms with Gasteiger partial charge in [0.25, 0.3) is 0 Å². The van der Waals surface area contributed by atoms with Gasteiger partial charge in [0.15, 0.2) is 0 Å². The van der Waals surface area contributed by atoms with Crippen molar-refractivity contribution in [2.24, 2.45) is 0 Å². The lowest BCUT2D eigenvalue weighted by atomic mass is 10.2. The van der Waals surface area contributed by atoms with Gasteiger partial charge < -0.3 is 14.8 Å². The molecule has 5 heteroatoms. The van der Waals surface area contributed by atoms with Crippen molar-refractivity contribution < 1.29 is 14.6 Å². The lowest BCUT2D eigenvalue weighted by Gasteiger charge is -1.98. The first kappa shape index (κ1) is 11.8. The minimum absolute atomic E-state index is 0.165. The summed E-state index contributed by atoms with van der Waals surface area (Å²) < 4.78 is 4.57. The second kappa shape index (κ2) is 4.67. The molecular weight excluding hydrogens is 242 g/mol. The molecule has 2 N–H and O–H groups in total. The van der Waals surface area contributed by atoms with Gasteiger partial charge in [-0.3, -0.25) is 4.79 Å². The number of benzene rings is 1. The highest BCUT2D eigenvalue weighted by atomic mass is 35.5. The van der Waals surface area contributed by atoms with Crippen LogP contribution in [-0.4, -0.2) is 23.2 Å². The fourth-order valence-corrected chi connectivity index (χ4v) is 2.00. The molecule has 0 aliphatic rings. The van der Waals surface area contributed by atoms with Crippen molar-refractivity contribution in [3.63, 3.8) is 0 Å². The molecule has 0 aliphatic carbocycles. The number of hydrogen-bond acceptors (Lipinski definition) is 3. The predicted molar refractivity (Wildman–Crippen MR) is 65.3 cm³/mol. The molecule has 0 atom stereocenters. The van der Waals surface area contributed by atoms with Crippen molar-refractivity contribution in [2.45, 2.75) is 12.8 Å². The van der Waals surface area contributed by atoms with E-state index in [1.165, 1.54) is 7.11 Å². The van der Waals surface area contributed by atoms with Crippen LogP contribution in [-0.2, 0) is 16.0 Å². The van der Waals surface area contributed by atoms with Gasteiger partial charge in [0.1, 0.15) is 5.75 Å². The molecule has 0 bridgehead atoms. The van der Waals surface area contributed by atoms with Gasteiger partial charge in [-0.15, -0.1) is 0 Å². The zero-order valence-corrected chi connectivity index (χ0v) is 10.0. The summed E-state index contributed by atoms with van der Waals surface area (Å²) in [6.45, 7) is 0. The van der Waals surface area contributed by atoms with E-state index in [9.17, 15) is 9.90 Å². The highest BCUT2D eigenvalue weighted by Crippen LogP contribution is 2.30. The number of phenolic OH excluding ortho intramolecular Hbond substituents is 1. The van der Waals surface area contributed by atoms with Crippen molar-refractivity contribution in [2.75, 3.05) is 7.11 Å². The Hall–Kier alpha value is -1.68. The van der Waals surface area contributed by atoms with Crippen LogP contribution in [0, 0.1) is 0 Å². The van der Waals surface area contributed by atoms with Crippen molar-refractivity contribution >= 4 is 28.5 Å². The number of H-pyrrole nitrogens is 1. The van der Waals surface area contributed by atoms with Crippen LogP contribution in [0.2, 0.25) is 5.02 Å². The molecule has 2 aromatic rings. The second-order valence-corrected chi connectivity index (χ2v) is 4.10. The minimum atomic E-state index is -0.275. The normalized spacial score (nSPS) is 10.7. The van der Waals surface area contributed by atoms with E-state index in [2.05, 4.69) is 9.72 Å². The monoisotopic (exact) mass is 253 g/mol. The van der Waals surface area contributed by atoms with E-state index in [-0.39, 0.29) is 18.1 Å². The van der Waals surface area contributed by atoms with Crippen LogP contribution in [0.5, 0.6) is 5.75 Å². The maximum absolute atomic E-state index is 11.0. The van der Waals surface area contributed by atoms with Gasteiger partial charge in [-0.05, 0) is 24.6 Å². The summed E-state index contributed by atoms with van der Waals surface area (Å²) in [5.74, 6) is -0.111. The van der Waals surface area contributed by atoms with Gasteiger partial charge in [0.2, 0.25) is 0 Å². The molecule has 0 aliphatic heterocycles. The number of hydrogen-bond donors (Lipinski definition) is 2. The number of aromatic hydroxyl groups is 1. The van der Waals surface area contributed by atoms with Crippen LogP contribution >= 0.6 is 11.6 Å². The zero-order valence-electron chi connectivity index (χ0n) is 9.29. The fraction of sp³-hybridized carbons (Fsp3) is 0.250. The Morgan fingerprint density at radius 1 is 1.53 bits per heavy atom. The van der Waals surface area contributed by atoms with Crippen LogP contribution in [0.25, 0.3) is 10.9 Å². The summed E-state index contributed by atoms with van der Waals surface area (Å²) in [7, 11) is 1.35. The molecule has 0 amide bonds. The molecule has 0 radical (unpaired) electrons. The third-order valence-electron chi connectivity index (χ3n) is 2.60. The standard InChI is InChI=1S/C12H12ClNO3/c1-17-11(16)5-4-10-12(13)8-6-7(15)2-3-9(8)14-10/h2-3,6,14-15H,4-5H2,1H3. The molecule has 1 heterocycles. The molecule has 0 fully saturated rings. The minimum Gasteiger partial charge on any atom is -0.508 e. The SMILES string of the molecule is COC(=O)CCc1[nH]c2ccc(O)cc2c1Cl. The summed E-state index contributed by atoms with van der Waals surface area (Å²) in [5.41, 5.74) is 1.62. The molecule has 0 saturated heterocycles. The van der Waals surface area contributed by atoms with Gasteiger partial charge >= 0.3 is 5.97 Å². The Morgan fingerprint density at radius 2 is 2.29 bits per heavy atom. The van der Waals surface area contributed by atoms with Crippen LogP contribution in [0.1, 0.15) is 12.1 Å². The van der Waals surface area contributed by atoms with E-state index < -0.39 is 0 Å². The lowest BCUT2D eigenvalue weighted by Crippen LogP contribution is -2.02. The highest BCUT2D eigenvalue weighted by Gasteiger charge is 2.11. The maximum atomic E-state index is 11.0. The van der Waals surface area contributed by atoms with Crippen molar-refractivity contribution in [3.8, 4) is 5.75 Å². The number of aromatic amines is 1. The third kappa shape index (κ3) is 2.36. The van der Waals surface area contributed by atoms with Crippen LogP contribution in [0.4, 0.5) is 0 Å². The molecule has 90 valence electrons. The Bertz CT molecular complexity index is 562. The number of halogens is 1. The average molecular weight is 254 g/mol. The number of fused-ring (bicyclic) bond motifs is 1. The molecule has 1 aromatic carbocycles. The molecule has 1 aromatic heterocycles. The van der Waals surface area contributed by atoms with Gasteiger partial charge in [0.05, 0.1) is 18.6 Å². The number of phenols is 1. The fourth-order valence-electron chi connectivity index (χ4n) is 1.70. The first-order valence-electron chi connectivity index (χ1n) is 5.17. The summed E-state index contributed by atoms with van der Waals surface area (Å²) in [4.78, 5) is 14.2.